The number of aryl methyl sites for hydroxylation is 2. The van der Waals surface area contributed by atoms with Crippen LogP contribution in [0.2, 0.25) is 0 Å². The third kappa shape index (κ3) is 3.99. The second-order valence-corrected chi connectivity index (χ2v) is 6.53. The molecule has 1 saturated carbocycles. The van der Waals surface area contributed by atoms with Crippen LogP contribution in [-0.2, 0) is 0 Å². The summed E-state index contributed by atoms with van der Waals surface area (Å²) in [6.45, 7) is 7.00. The summed E-state index contributed by atoms with van der Waals surface area (Å²) >= 11 is 0. The molecule has 1 amide bonds. The second kappa shape index (κ2) is 6.97. The molecule has 0 aromatic heterocycles. The van der Waals surface area contributed by atoms with Gasteiger partial charge in [-0.1, -0.05) is 32.3 Å². The van der Waals surface area contributed by atoms with E-state index in [0.29, 0.717) is 17.2 Å². The molecule has 1 aromatic carbocycles. The molecule has 1 aromatic rings. The van der Waals surface area contributed by atoms with Crippen molar-refractivity contribution < 1.29 is 4.79 Å². The summed E-state index contributed by atoms with van der Waals surface area (Å²) in [5.74, 6) is 1.55. The first-order valence-electron chi connectivity index (χ1n) is 8.16. The molecule has 2 rings (SSSR count). The number of nitrogens with two attached hydrogens (primary N) is 1. The van der Waals surface area contributed by atoms with Crippen molar-refractivity contribution in [3.63, 3.8) is 0 Å². The first-order valence-corrected chi connectivity index (χ1v) is 8.16. The minimum atomic E-state index is 0.0109. The Hall–Kier alpha value is -1.51. The summed E-state index contributed by atoms with van der Waals surface area (Å²) in [5, 5.41) is 3.09. The van der Waals surface area contributed by atoms with Crippen molar-refractivity contribution in [1.29, 1.82) is 0 Å². The fraction of sp³-hybridized carbons (Fsp3) is 0.611. The molecular weight excluding hydrogens is 260 g/mol. The van der Waals surface area contributed by atoms with Crippen LogP contribution in [0.25, 0.3) is 0 Å². The lowest BCUT2D eigenvalue weighted by Gasteiger charge is -2.27. The zero-order chi connectivity index (χ0) is 15.4. The Labute approximate surface area is 128 Å². The normalized spacial score (nSPS) is 22.0. The zero-order valence-corrected chi connectivity index (χ0v) is 13.5. The third-order valence-corrected chi connectivity index (χ3v) is 4.95. The summed E-state index contributed by atoms with van der Waals surface area (Å²) < 4.78 is 0. The molecule has 0 spiro atoms. The number of carbonyl (C=O) groups is 1. The average molecular weight is 288 g/mol. The molecule has 21 heavy (non-hydrogen) atoms. The molecule has 3 N–H and O–H groups in total. The minimum Gasteiger partial charge on any atom is -0.398 e. The fourth-order valence-corrected chi connectivity index (χ4v) is 3.29. The van der Waals surface area contributed by atoms with Gasteiger partial charge in [-0.2, -0.15) is 0 Å². The van der Waals surface area contributed by atoms with Gasteiger partial charge in [0.25, 0.3) is 5.91 Å². The van der Waals surface area contributed by atoms with E-state index in [1.165, 1.54) is 32.1 Å². The summed E-state index contributed by atoms with van der Waals surface area (Å²) in [7, 11) is 0. The molecule has 3 nitrogen and oxygen atoms in total. The van der Waals surface area contributed by atoms with Gasteiger partial charge in [-0.25, -0.2) is 0 Å². The van der Waals surface area contributed by atoms with E-state index in [4.69, 9.17) is 5.73 Å². The Morgan fingerprint density at radius 2 is 1.76 bits per heavy atom. The van der Waals surface area contributed by atoms with Gasteiger partial charge in [-0.3, -0.25) is 4.79 Å². The number of nitrogens with one attached hydrogen (secondary N) is 1. The van der Waals surface area contributed by atoms with Crippen LogP contribution in [0.5, 0.6) is 0 Å². The van der Waals surface area contributed by atoms with Crippen molar-refractivity contribution in [3.05, 3.63) is 28.8 Å². The first kappa shape index (κ1) is 15.9. The number of nitrogen functional groups attached to an aromatic ring is 1. The Morgan fingerprint density at radius 3 is 2.38 bits per heavy atom. The van der Waals surface area contributed by atoms with Gasteiger partial charge in [0, 0.05) is 17.8 Å². The molecule has 0 heterocycles. The quantitative estimate of drug-likeness (QED) is 0.827. The van der Waals surface area contributed by atoms with Gasteiger partial charge in [0.2, 0.25) is 0 Å². The lowest BCUT2D eigenvalue weighted by molar-refractivity contribution is 0.0940. The SMILES string of the molecule is CCC1CCC(CNC(=O)c2cc(N)c(C)cc2C)CC1. The number of amides is 1. The van der Waals surface area contributed by atoms with Crippen molar-refractivity contribution >= 4 is 11.6 Å². The second-order valence-electron chi connectivity index (χ2n) is 6.53. The van der Waals surface area contributed by atoms with Gasteiger partial charge in [-0.05, 0) is 55.7 Å². The van der Waals surface area contributed by atoms with Crippen LogP contribution in [-0.4, -0.2) is 12.5 Å². The van der Waals surface area contributed by atoms with Crippen LogP contribution in [0.1, 0.15) is 60.5 Å². The maximum Gasteiger partial charge on any atom is 0.251 e. The minimum absolute atomic E-state index is 0.0109. The van der Waals surface area contributed by atoms with Crippen molar-refractivity contribution in [2.45, 2.75) is 52.9 Å². The van der Waals surface area contributed by atoms with Crippen LogP contribution in [0.15, 0.2) is 12.1 Å². The molecule has 0 aliphatic heterocycles. The highest BCUT2D eigenvalue weighted by Gasteiger charge is 2.20. The van der Waals surface area contributed by atoms with E-state index in [2.05, 4.69) is 12.2 Å². The van der Waals surface area contributed by atoms with Crippen LogP contribution in [0, 0.1) is 25.7 Å². The molecule has 0 unspecified atom stereocenters. The van der Waals surface area contributed by atoms with E-state index in [1.807, 2.05) is 19.9 Å². The van der Waals surface area contributed by atoms with Crippen molar-refractivity contribution in [2.24, 2.45) is 11.8 Å². The maximum atomic E-state index is 12.3. The summed E-state index contributed by atoms with van der Waals surface area (Å²) in [5.41, 5.74) is 9.34. The van der Waals surface area contributed by atoms with Crippen LogP contribution in [0.4, 0.5) is 5.69 Å². The lowest BCUT2D eigenvalue weighted by atomic mass is 9.81. The predicted octanol–water partition coefficient (Wildman–Crippen LogP) is 3.83. The van der Waals surface area contributed by atoms with E-state index in [9.17, 15) is 4.79 Å². The number of hydrogen-bond donors (Lipinski definition) is 2. The van der Waals surface area contributed by atoms with E-state index in [-0.39, 0.29) is 5.91 Å². The Balaban J connectivity index is 1.89. The molecule has 0 saturated heterocycles. The van der Waals surface area contributed by atoms with E-state index < -0.39 is 0 Å². The lowest BCUT2D eigenvalue weighted by Crippen LogP contribution is -2.31. The maximum absolute atomic E-state index is 12.3. The van der Waals surface area contributed by atoms with E-state index >= 15 is 0 Å². The molecule has 1 aliphatic carbocycles. The summed E-state index contributed by atoms with van der Waals surface area (Å²) in [6.07, 6.45) is 6.41. The topological polar surface area (TPSA) is 55.1 Å². The number of anilines is 1. The van der Waals surface area contributed by atoms with Gasteiger partial charge < -0.3 is 11.1 Å². The van der Waals surface area contributed by atoms with Crippen molar-refractivity contribution in [3.8, 4) is 0 Å². The van der Waals surface area contributed by atoms with E-state index in [0.717, 1.165) is 23.6 Å². The molecule has 116 valence electrons. The van der Waals surface area contributed by atoms with E-state index in [1.54, 1.807) is 6.07 Å². The predicted molar refractivity (Wildman–Crippen MR) is 88.4 cm³/mol. The smallest absolute Gasteiger partial charge is 0.251 e. The zero-order valence-electron chi connectivity index (χ0n) is 13.5. The van der Waals surface area contributed by atoms with Crippen molar-refractivity contribution in [1.82, 2.24) is 5.32 Å². The average Bonchev–Trinajstić information content (AvgIpc) is 2.49. The molecule has 3 heteroatoms. The molecule has 1 aliphatic rings. The van der Waals surface area contributed by atoms with Gasteiger partial charge in [0.1, 0.15) is 0 Å². The molecular formula is C18H28N2O. The van der Waals surface area contributed by atoms with Crippen molar-refractivity contribution in [2.75, 3.05) is 12.3 Å². The highest BCUT2D eigenvalue weighted by molar-refractivity contribution is 5.96. The van der Waals surface area contributed by atoms with Crippen LogP contribution >= 0.6 is 0 Å². The largest absolute Gasteiger partial charge is 0.398 e. The highest BCUT2D eigenvalue weighted by atomic mass is 16.1. The van der Waals surface area contributed by atoms with Gasteiger partial charge in [0.05, 0.1) is 0 Å². The molecule has 0 atom stereocenters. The van der Waals surface area contributed by atoms with Gasteiger partial charge in [0.15, 0.2) is 0 Å². The van der Waals surface area contributed by atoms with Crippen LogP contribution in [0.3, 0.4) is 0 Å². The van der Waals surface area contributed by atoms with Crippen LogP contribution < -0.4 is 11.1 Å². The monoisotopic (exact) mass is 288 g/mol. The Morgan fingerprint density at radius 1 is 1.14 bits per heavy atom. The third-order valence-electron chi connectivity index (χ3n) is 4.95. The highest BCUT2D eigenvalue weighted by Crippen LogP contribution is 2.30. The number of hydrogen-bond acceptors (Lipinski definition) is 2. The number of carbonyl (C=O) groups excluding carboxylic acids is 1. The van der Waals surface area contributed by atoms with Gasteiger partial charge in [-0.15, -0.1) is 0 Å². The van der Waals surface area contributed by atoms with Gasteiger partial charge >= 0.3 is 0 Å². The Kier molecular flexibility index (Phi) is 5.27. The number of benzene rings is 1. The molecule has 0 radical (unpaired) electrons. The fourth-order valence-electron chi connectivity index (χ4n) is 3.29. The number of rotatable bonds is 4. The summed E-state index contributed by atoms with van der Waals surface area (Å²) in [6, 6.07) is 3.78. The first-order chi connectivity index (χ1) is 10.0. The summed E-state index contributed by atoms with van der Waals surface area (Å²) in [4.78, 5) is 12.3. The molecule has 0 bridgehead atoms. The Bertz CT molecular complexity index is 502. The molecule has 1 fully saturated rings. The standard InChI is InChI=1S/C18H28N2O/c1-4-14-5-7-15(8-6-14)11-20-18(21)16-10-17(19)13(3)9-12(16)2/h9-10,14-15H,4-8,11,19H2,1-3H3,(H,20,21).